The monoisotopic (exact) mass is 310 g/mol. The van der Waals surface area contributed by atoms with Crippen molar-refractivity contribution in [1.29, 1.82) is 0 Å². The fraction of sp³-hybridized carbons (Fsp3) is 0.941. The first-order chi connectivity index (χ1) is 10.5. The van der Waals surface area contributed by atoms with Crippen molar-refractivity contribution in [3.05, 3.63) is 0 Å². The van der Waals surface area contributed by atoms with Crippen molar-refractivity contribution >= 4 is 5.91 Å². The van der Waals surface area contributed by atoms with Crippen molar-refractivity contribution in [2.45, 2.75) is 57.6 Å². The lowest BCUT2D eigenvalue weighted by Gasteiger charge is -2.65. The number of carbonyl (C=O) groups excluding carboxylic acids is 1. The minimum atomic E-state index is -0.784. The highest BCUT2D eigenvalue weighted by atomic mass is 16.5. The topological polar surface area (TPSA) is 73.6 Å². The molecule has 0 aromatic rings. The van der Waals surface area contributed by atoms with E-state index < -0.39 is 5.54 Å². The smallest absolute Gasteiger partial charge is 0.241 e. The zero-order chi connectivity index (χ0) is 15.8. The number of hydrogen-bond acceptors (Lipinski definition) is 4. The SMILES string of the molecule is CC1(C)C2OCCCC2C1(N)C(=O)NCCC1CCOCC1. The fourth-order valence-corrected chi connectivity index (χ4v) is 4.61. The van der Waals surface area contributed by atoms with Gasteiger partial charge >= 0.3 is 0 Å². The summed E-state index contributed by atoms with van der Waals surface area (Å²) < 4.78 is 11.2. The summed E-state index contributed by atoms with van der Waals surface area (Å²) in [5, 5.41) is 3.10. The summed E-state index contributed by atoms with van der Waals surface area (Å²) in [5.74, 6) is 0.846. The maximum absolute atomic E-state index is 12.7. The summed E-state index contributed by atoms with van der Waals surface area (Å²) in [5.41, 5.74) is 5.51. The molecule has 1 aliphatic carbocycles. The van der Waals surface area contributed by atoms with Gasteiger partial charge in [-0.25, -0.2) is 0 Å². The summed E-state index contributed by atoms with van der Waals surface area (Å²) in [7, 11) is 0. The zero-order valence-corrected chi connectivity index (χ0v) is 13.9. The van der Waals surface area contributed by atoms with Crippen LogP contribution in [0.15, 0.2) is 0 Å². The first-order valence-electron chi connectivity index (χ1n) is 8.74. The average molecular weight is 310 g/mol. The lowest BCUT2D eigenvalue weighted by molar-refractivity contribution is -0.225. The Hall–Kier alpha value is -0.650. The number of carbonyl (C=O) groups is 1. The van der Waals surface area contributed by atoms with E-state index >= 15 is 0 Å². The van der Waals surface area contributed by atoms with Gasteiger partial charge in [0.2, 0.25) is 5.91 Å². The van der Waals surface area contributed by atoms with Crippen LogP contribution in [0.5, 0.6) is 0 Å². The first-order valence-corrected chi connectivity index (χ1v) is 8.74. The van der Waals surface area contributed by atoms with Crippen LogP contribution < -0.4 is 11.1 Å². The molecule has 1 amide bonds. The number of hydrogen-bond donors (Lipinski definition) is 2. The Kier molecular flexibility index (Phi) is 4.49. The highest BCUT2D eigenvalue weighted by molar-refractivity contribution is 5.89. The highest BCUT2D eigenvalue weighted by Gasteiger charge is 2.70. The van der Waals surface area contributed by atoms with Gasteiger partial charge in [0, 0.05) is 37.7 Å². The Balaban J connectivity index is 1.54. The van der Waals surface area contributed by atoms with Crippen LogP contribution in [-0.2, 0) is 14.3 Å². The van der Waals surface area contributed by atoms with E-state index in [-0.39, 0.29) is 23.3 Å². The molecule has 2 aliphatic heterocycles. The van der Waals surface area contributed by atoms with Crippen molar-refractivity contribution in [3.8, 4) is 0 Å². The maximum Gasteiger partial charge on any atom is 0.241 e. The van der Waals surface area contributed by atoms with Gasteiger partial charge in [-0.2, -0.15) is 0 Å². The largest absolute Gasteiger partial charge is 0.381 e. The van der Waals surface area contributed by atoms with Crippen LogP contribution in [0.2, 0.25) is 0 Å². The summed E-state index contributed by atoms with van der Waals surface area (Å²) in [6.45, 7) is 7.36. The normalized spacial score (nSPS) is 38.0. The lowest BCUT2D eigenvalue weighted by atomic mass is 9.46. The zero-order valence-electron chi connectivity index (χ0n) is 13.9. The Bertz CT molecular complexity index is 420. The third-order valence-electron chi connectivity index (χ3n) is 6.24. The van der Waals surface area contributed by atoms with Gasteiger partial charge in [-0.05, 0) is 38.0 Å². The molecule has 3 rings (SSSR count). The van der Waals surface area contributed by atoms with Gasteiger partial charge in [0.25, 0.3) is 0 Å². The van der Waals surface area contributed by atoms with E-state index in [9.17, 15) is 4.79 Å². The van der Waals surface area contributed by atoms with Gasteiger partial charge in [-0.3, -0.25) is 4.79 Å². The Morgan fingerprint density at radius 2 is 1.95 bits per heavy atom. The van der Waals surface area contributed by atoms with Crippen LogP contribution in [0, 0.1) is 17.3 Å². The number of amides is 1. The summed E-state index contributed by atoms with van der Waals surface area (Å²) in [6, 6.07) is 0. The second kappa shape index (κ2) is 6.10. The van der Waals surface area contributed by atoms with Crippen molar-refractivity contribution in [2.24, 2.45) is 23.0 Å². The molecule has 3 unspecified atom stereocenters. The molecule has 2 heterocycles. The van der Waals surface area contributed by atoms with Gasteiger partial charge in [0.1, 0.15) is 5.54 Å². The van der Waals surface area contributed by atoms with Crippen LogP contribution in [0.4, 0.5) is 0 Å². The van der Waals surface area contributed by atoms with Crippen LogP contribution in [-0.4, -0.2) is 43.9 Å². The Morgan fingerprint density at radius 1 is 1.23 bits per heavy atom. The Morgan fingerprint density at radius 3 is 2.68 bits per heavy atom. The molecule has 126 valence electrons. The van der Waals surface area contributed by atoms with Gasteiger partial charge < -0.3 is 20.5 Å². The molecule has 5 heteroatoms. The molecule has 3 aliphatic rings. The third-order valence-corrected chi connectivity index (χ3v) is 6.24. The number of ether oxygens (including phenoxy) is 2. The van der Waals surface area contributed by atoms with Crippen LogP contribution >= 0.6 is 0 Å². The minimum Gasteiger partial charge on any atom is -0.381 e. The van der Waals surface area contributed by atoms with Gasteiger partial charge in [-0.15, -0.1) is 0 Å². The van der Waals surface area contributed by atoms with E-state index in [4.69, 9.17) is 15.2 Å². The molecular formula is C17H30N2O3. The Labute approximate surface area is 133 Å². The van der Waals surface area contributed by atoms with E-state index in [1.165, 1.54) is 0 Å². The second-order valence-corrected chi connectivity index (χ2v) is 7.73. The van der Waals surface area contributed by atoms with Gasteiger partial charge in [0.15, 0.2) is 0 Å². The first kappa shape index (κ1) is 16.2. The average Bonchev–Trinajstić information content (AvgIpc) is 2.55. The number of nitrogens with two attached hydrogens (primary N) is 1. The molecule has 0 aromatic carbocycles. The molecule has 2 saturated heterocycles. The molecular weight excluding hydrogens is 280 g/mol. The predicted octanol–water partition coefficient (Wildman–Crippen LogP) is 1.45. The molecule has 0 bridgehead atoms. The lowest BCUT2D eigenvalue weighted by Crippen LogP contribution is -2.82. The summed E-state index contributed by atoms with van der Waals surface area (Å²) in [4.78, 5) is 12.7. The standard InChI is InChI=1S/C17H30N2O3/c1-16(2)14-13(4-3-9-22-14)17(16,18)15(20)19-8-5-12-6-10-21-11-7-12/h12-14H,3-11,18H2,1-2H3,(H,19,20). The van der Waals surface area contributed by atoms with Crippen molar-refractivity contribution in [1.82, 2.24) is 5.32 Å². The number of fused-ring (bicyclic) bond motifs is 1. The molecule has 0 spiro atoms. The quantitative estimate of drug-likeness (QED) is 0.824. The molecule has 0 aromatic heterocycles. The van der Waals surface area contributed by atoms with Crippen LogP contribution in [0.1, 0.15) is 46.0 Å². The number of rotatable bonds is 4. The van der Waals surface area contributed by atoms with E-state index in [0.717, 1.165) is 58.5 Å². The third kappa shape index (κ3) is 2.47. The van der Waals surface area contributed by atoms with Crippen molar-refractivity contribution in [2.75, 3.05) is 26.4 Å². The van der Waals surface area contributed by atoms with Gasteiger partial charge in [-0.1, -0.05) is 13.8 Å². The van der Waals surface area contributed by atoms with E-state index in [1.54, 1.807) is 0 Å². The highest BCUT2D eigenvalue weighted by Crippen LogP contribution is 2.57. The van der Waals surface area contributed by atoms with Crippen molar-refractivity contribution in [3.63, 3.8) is 0 Å². The van der Waals surface area contributed by atoms with E-state index in [2.05, 4.69) is 19.2 Å². The molecule has 3 fully saturated rings. The summed E-state index contributed by atoms with van der Waals surface area (Å²) >= 11 is 0. The fourth-order valence-electron chi connectivity index (χ4n) is 4.61. The summed E-state index contributed by atoms with van der Waals surface area (Å²) in [6.07, 6.45) is 5.37. The molecule has 5 nitrogen and oxygen atoms in total. The molecule has 22 heavy (non-hydrogen) atoms. The van der Waals surface area contributed by atoms with Crippen LogP contribution in [0.3, 0.4) is 0 Å². The van der Waals surface area contributed by atoms with Gasteiger partial charge in [0.05, 0.1) is 6.10 Å². The van der Waals surface area contributed by atoms with Crippen LogP contribution in [0.25, 0.3) is 0 Å². The predicted molar refractivity (Wildman–Crippen MR) is 84.3 cm³/mol. The van der Waals surface area contributed by atoms with Crippen molar-refractivity contribution < 1.29 is 14.3 Å². The maximum atomic E-state index is 12.7. The second-order valence-electron chi connectivity index (χ2n) is 7.73. The molecule has 3 N–H and O–H groups in total. The molecule has 3 atom stereocenters. The minimum absolute atomic E-state index is 0.0105. The van der Waals surface area contributed by atoms with E-state index in [0.29, 0.717) is 5.92 Å². The molecule has 0 radical (unpaired) electrons. The molecule has 1 saturated carbocycles. The van der Waals surface area contributed by atoms with E-state index in [1.807, 2.05) is 0 Å². The number of nitrogens with one attached hydrogen (secondary N) is 1.